The normalized spacial score (nSPS) is 13.1. The van der Waals surface area contributed by atoms with Gasteiger partial charge in [-0.2, -0.15) is 0 Å². The van der Waals surface area contributed by atoms with E-state index >= 15 is 0 Å². The minimum Gasteiger partial charge on any atom is -0.491 e. The second-order valence-corrected chi connectivity index (χ2v) is 5.95. The number of fused-ring (bicyclic) bond motifs is 1. The number of para-hydroxylation sites is 2. The van der Waals surface area contributed by atoms with Gasteiger partial charge in [-0.25, -0.2) is 0 Å². The van der Waals surface area contributed by atoms with E-state index in [4.69, 9.17) is 10.5 Å². The molecule has 1 aromatic carbocycles. The molecular weight excluding hydrogens is 310 g/mol. The number of aromatic nitrogens is 1. The zero-order chi connectivity index (χ0) is 17.4. The van der Waals surface area contributed by atoms with Gasteiger partial charge in [0.2, 0.25) is 0 Å². The van der Waals surface area contributed by atoms with Crippen molar-refractivity contribution in [3.05, 3.63) is 51.8 Å². The van der Waals surface area contributed by atoms with Gasteiger partial charge in [-0.05, 0) is 18.1 Å². The third-order valence-corrected chi connectivity index (χ3v) is 3.63. The molecule has 0 saturated carbocycles. The van der Waals surface area contributed by atoms with Crippen LogP contribution in [-0.4, -0.2) is 23.0 Å². The molecule has 2 amide bonds. The molecule has 3 rings (SSSR count). The lowest BCUT2D eigenvalue weighted by Crippen LogP contribution is -2.24. The van der Waals surface area contributed by atoms with Crippen molar-refractivity contribution in [3.63, 3.8) is 0 Å². The number of nitrogens with zero attached hydrogens (tertiary/aromatic N) is 1. The summed E-state index contributed by atoms with van der Waals surface area (Å²) in [6.07, 6.45) is 0. The molecule has 3 N–H and O–H groups in total. The predicted octanol–water partition coefficient (Wildman–Crippen LogP) is 1.34. The van der Waals surface area contributed by atoms with Gasteiger partial charge >= 0.3 is 0 Å². The van der Waals surface area contributed by atoms with E-state index in [2.05, 4.69) is 5.32 Å². The lowest BCUT2D eigenvalue weighted by molar-refractivity contribution is 0.0880. The summed E-state index contributed by atoms with van der Waals surface area (Å²) < 4.78 is 6.93. The number of carbonyl (C=O) groups is 2. The Labute approximate surface area is 138 Å². The molecule has 0 saturated heterocycles. The average Bonchev–Trinajstić information content (AvgIpc) is 2.80. The fourth-order valence-electron chi connectivity index (χ4n) is 2.55. The van der Waals surface area contributed by atoms with Gasteiger partial charge in [0.05, 0.1) is 23.4 Å². The Morgan fingerprint density at radius 2 is 1.88 bits per heavy atom. The molecular formula is C17H17N3O4. The van der Waals surface area contributed by atoms with E-state index in [9.17, 15) is 14.4 Å². The lowest BCUT2D eigenvalue weighted by atomic mass is 10.1. The quantitative estimate of drug-likeness (QED) is 0.825. The van der Waals surface area contributed by atoms with Crippen molar-refractivity contribution < 1.29 is 14.3 Å². The van der Waals surface area contributed by atoms with E-state index < -0.39 is 17.4 Å². The highest BCUT2D eigenvalue weighted by Crippen LogP contribution is 2.28. The Bertz CT molecular complexity index is 899. The van der Waals surface area contributed by atoms with E-state index in [1.807, 2.05) is 13.8 Å². The molecule has 0 aliphatic carbocycles. The van der Waals surface area contributed by atoms with Crippen molar-refractivity contribution in [3.8, 4) is 11.4 Å². The number of hydrogen-bond acceptors (Lipinski definition) is 5. The fraction of sp³-hybridized carbons (Fsp3) is 0.235. The van der Waals surface area contributed by atoms with Crippen LogP contribution in [0.25, 0.3) is 5.69 Å². The summed E-state index contributed by atoms with van der Waals surface area (Å²) in [5.74, 6) is -0.529. The molecule has 0 fully saturated rings. The van der Waals surface area contributed by atoms with Crippen LogP contribution in [0.1, 0.15) is 34.6 Å². The van der Waals surface area contributed by atoms with Crippen LogP contribution in [-0.2, 0) is 0 Å². The summed E-state index contributed by atoms with van der Waals surface area (Å²) in [5, 5.41) is 2.14. The summed E-state index contributed by atoms with van der Waals surface area (Å²) in [6.45, 7) is 4.48. The van der Waals surface area contributed by atoms with E-state index in [-0.39, 0.29) is 16.9 Å². The predicted molar refractivity (Wildman–Crippen MR) is 88.6 cm³/mol. The first-order valence-corrected chi connectivity index (χ1v) is 7.53. The maximum atomic E-state index is 12.5. The Balaban J connectivity index is 2.19. The minimum atomic E-state index is -0.615. The maximum absolute atomic E-state index is 12.5. The molecule has 0 radical (unpaired) electrons. The SMILES string of the molecule is CC(C)COc1ccccc1-n1c(N)c2c(cc1=O)C(=O)NC2=O. The number of rotatable bonds is 4. The zero-order valence-electron chi connectivity index (χ0n) is 13.3. The topological polar surface area (TPSA) is 103 Å². The summed E-state index contributed by atoms with van der Waals surface area (Å²) in [6, 6.07) is 8.04. The number of amides is 2. The van der Waals surface area contributed by atoms with Crippen molar-refractivity contribution in [2.75, 3.05) is 12.3 Å². The van der Waals surface area contributed by atoms with Crippen LogP contribution in [0.4, 0.5) is 5.82 Å². The van der Waals surface area contributed by atoms with Gasteiger partial charge in [0, 0.05) is 6.07 Å². The standard InChI is InChI=1S/C17H17N3O4/c1-9(2)8-24-12-6-4-3-5-11(12)20-13(21)7-10-14(15(20)18)17(23)19-16(10)22/h3-7,9H,8,18H2,1-2H3,(H,19,22,23). The molecule has 1 aromatic heterocycles. The van der Waals surface area contributed by atoms with Gasteiger partial charge in [0.15, 0.2) is 0 Å². The van der Waals surface area contributed by atoms with Crippen molar-refractivity contribution in [2.24, 2.45) is 5.92 Å². The molecule has 7 nitrogen and oxygen atoms in total. The highest BCUT2D eigenvalue weighted by Gasteiger charge is 2.32. The number of benzene rings is 1. The van der Waals surface area contributed by atoms with Crippen molar-refractivity contribution >= 4 is 17.6 Å². The summed E-state index contributed by atoms with van der Waals surface area (Å²) in [4.78, 5) is 36.1. The largest absolute Gasteiger partial charge is 0.491 e. The molecule has 24 heavy (non-hydrogen) atoms. The summed E-state index contributed by atoms with van der Waals surface area (Å²) in [5.41, 5.74) is 5.97. The smallest absolute Gasteiger partial charge is 0.262 e. The van der Waals surface area contributed by atoms with Gasteiger partial charge in [0.1, 0.15) is 11.6 Å². The highest BCUT2D eigenvalue weighted by atomic mass is 16.5. The second-order valence-electron chi connectivity index (χ2n) is 5.95. The molecule has 1 aliphatic rings. The van der Waals surface area contributed by atoms with Gasteiger partial charge < -0.3 is 10.5 Å². The van der Waals surface area contributed by atoms with Gasteiger partial charge in [-0.1, -0.05) is 26.0 Å². The highest BCUT2D eigenvalue weighted by molar-refractivity contribution is 6.23. The monoisotopic (exact) mass is 327 g/mol. The first kappa shape index (κ1) is 15.8. The Morgan fingerprint density at radius 3 is 2.58 bits per heavy atom. The Hall–Kier alpha value is -3.09. The van der Waals surface area contributed by atoms with Crippen molar-refractivity contribution in [1.29, 1.82) is 0 Å². The third kappa shape index (κ3) is 2.54. The number of pyridine rings is 1. The van der Waals surface area contributed by atoms with Gasteiger partial charge in [-0.15, -0.1) is 0 Å². The summed E-state index contributed by atoms with van der Waals surface area (Å²) in [7, 11) is 0. The number of hydrogen-bond donors (Lipinski definition) is 2. The Morgan fingerprint density at radius 1 is 1.17 bits per heavy atom. The molecule has 0 atom stereocenters. The van der Waals surface area contributed by atoms with Crippen LogP contribution in [0.15, 0.2) is 35.1 Å². The fourth-order valence-corrected chi connectivity index (χ4v) is 2.55. The van der Waals surface area contributed by atoms with E-state index in [1.54, 1.807) is 24.3 Å². The number of nitrogens with one attached hydrogen (secondary N) is 1. The van der Waals surface area contributed by atoms with E-state index in [1.165, 1.54) is 4.57 Å². The molecule has 1 aliphatic heterocycles. The number of nitrogen functional groups attached to an aromatic ring is 1. The molecule has 124 valence electrons. The molecule has 7 heteroatoms. The third-order valence-electron chi connectivity index (χ3n) is 3.63. The van der Waals surface area contributed by atoms with E-state index in [0.29, 0.717) is 24.0 Å². The number of ether oxygens (including phenoxy) is 1. The van der Waals surface area contributed by atoms with Crippen LogP contribution in [0.2, 0.25) is 0 Å². The average molecular weight is 327 g/mol. The van der Waals surface area contributed by atoms with Crippen LogP contribution >= 0.6 is 0 Å². The first-order valence-electron chi connectivity index (χ1n) is 7.53. The number of nitrogens with two attached hydrogens (primary N) is 1. The number of imide groups is 1. The Kier molecular flexibility index (Phi) is 3.84. The molecule has 2 aromatic rings. The van der Waals surface area contributed by atoms with Crippen molar-refractivity contribution in [1.82, 2.24) is 9.88 Å². The summed E-state index contributed by atoms with van der Waals surface area (Å²) >= 11 is 0. The lowest BCUT2D eigenvalue weighted by Gasteiger charge is -2.17. The van der Waals surface area contributed by atoms with Crippen LogP contribution < -0.4 is 21.3 Å². The van der Waals surface area contributed by atoms with E-state index in [0.717, 1.165) is 6.07 Å². The zero-order valence-corrected chi connectivity index (χ0v) is 13.3. The van der Waals surface area contributed by atoms with Crippen LogP contribution in [0, 0.1) is 5.92 Å². The van der Waals surface area contributed by atoms with Gasteiger partial charge in [-0.3, -0.25) is 24.3 Å². The maximum Gasteiger partial charge on any atom is 0.262 e. The molecule has 2 heterocycles. The molecule has 0 spiro atoms. The molecule has 0 unspecified atom stereocenters. The van der Waals surface area contributed by atoms with Crippen molar-refractivity contribution in [2.45, 2.75) is 13.8 Å². The molecule has 0 bridgehead atoms. The van der Waals surface area contributed by atoms with Crippen LogP contribution in [0.5, 0.6) is 5.75 Å². The van der Waals surface area contributed by atoms with Gasteiger partial charge in [0.25, 0.3) is 17.4 Å². The first-order chi connectivity index (χ1) is 11.4. The number of carbonyl (C=O) groups excluding carboxylic acids is 2. The van der Waals surface area contributed by atoms with Crippen LogP contribution in [0.3, 0.4) is 0 Å². The second kappa shape index (κ2) is 5.84. The number of anilines is 1. The minimum absolute atomic E-state index is 0.000620.